The van der Waals surface area contributed by atoms with Crippen LogP contribution in [-0.2, 0) is 0 Å². The first-order valence-corrected chi connectivity index (χ1v) is 5.41. The van der Waals surface area contributed by atoms with Gasteiger partial charge in [0.25, 0.3) is 0 Å². The molecule has 0 aliphatic rings. The zero-order valence-corrected chi connectivity index (χ0v) is 9.77. The molecule has 0 amide bonds. The summed E-state index contributed by atoms with van der Waals surface area (Å²) in [6.07, 6.45) is 0. The number of fused-ring (bicyclic) bond motifs is 3. The summed E-state index contributed by atoms with van der Waals surface area (Å²) >= 11 is 4.95. The Labute approximate surface area is 96.7 Å². The van der Waals surface area contributed by atoms with E-state index in [0.717, 1.165) is 22.1 Å². The van der Waals surface area contributed by atoms with Crippen LogP contribution in [0.15, 0.2) is 12.1 Å². The summed E-state index contributed by atoms with van der Waals surface area (Å²) in [7, 11) is 0. The van der Waals surface area contributed by atoms with Crippen molar-refractivity contribution < 1.29 is 0 Å². The molecule has 3 rings (SSSR count). The highest BCUT2D eigenvalue weighted by Crippen LogP contribution is 2.26. The summed E-state index contributed by atoms with van der Waals surface area (Å²) in [6, 6.07) is 4.23. The molecule has 4 nitrogen and oxygen atoms in total. The number of benzene rings is 1. The molecule has 0 fully saturated rings. The SMILES string of the molecule is Cc1cc(C)c2c(c1)[nH]c1nc(=S)[nH]nc12. The second-order valence-corrected chi connectivity index (χ2v) is 4.35. The Morgan fingerprint density at radius 2 is 2.06 bits per heavy atom. The first kappa shape index (κ1) is 9.47. The summed E-state index contributed by atoms with van der Waals surface area (Å²) in [5.74, 6) is 0. The second-order valence-electron chi connectivity index (χ2n) is 3.97. The predicted molar refractivity (Wildman–Crippen MR) is 66.1 cm³/mol. The normalized spacial score (nSPS) is 11.4. The number of hydrogen-bond acceptors (Lipinski definition) is 3. The molecule has 80 valence electrons. The monoisotopic (exact) mass is 230 g/mol. The fourth-order valence-corrected chi connectivity index (χ4v) is 2.24. The minimum absolute atomic E-state index is 0.397. The summed E-state index contributed by atoms with van der Waals surface area (Å²) in [6.45, 7) is 4.15. The molecule has 0 bridgehead atoms. The Morgan fingerprint density at radius 1 is 1.25 bits per heavy atom. The quantitative estimate of drug-likeness (QED) is 0.584. The number of H-pyrrole nitrogens is 2. The Kier molecular flexibility index (Phi) is 1.85. The lowest BCUT2D eigenvalue weighted by Crippen LogP contribution is -1.87. The highest BCUT2D eigenvalue weighted by Gasteiger charge is 2.09. The van der Waals surface area contributed by atoms with Gasteiger partial charge < -0.3 is 4.98 Å². The average molecular weight is 230 g/mol. The van der Waals surface area contributed by atoms with Crippen molar-refractivity contribution in [2.75, 3.05) is 0 Å². The van der Waals surface area contributed by atoms with Crippen LogP contribution in [0, 0.1) is 18.6 Å². The third kappa shape index (κ3) is 1.25. The van der Waals surface area contributed by atoms with E-state index in [4.69, 9.17) is 12.2 Å². The van der Waals surface area contributed by atoms with Crippen molar-refractivity contribution in [1.82, 2.24) is 20.2 Å². The van der Waals surface area contributed by atoms with Gasteiger partial charge in [0.15, 0.2) is 5.65 Å². The molecule has 5 heteroatoms. The Balaban J connectivity index is 2.61. The van der Waals surface area contributed by atoms with Crippen molar-refractivity contribution >= 4 is 34.3 Å². The zero-order valence-electron chi connectivity index (χ0n) is 8.96. The van der Waals surface area contributed by atoms with Crippen molar-refractivity contribution in [3.05, 3.63) is 28.0 Å². The lowest BCUT2D eigenvalue weighted by molar-refractivity contribution is 0.999. The Morgan fingerprint density at radius 3 is 2.88 bits per heavy atom. The number of nitrogens with one attached hydrogen (secondary N) is 2. The van der Waals surface area contributed by atoms with E-state index in [-0.39, 0.29) is 0 Å². The van der Waals surface area contributed by atoms with Gasteiger partial charge in [-0.1, -0.05) is 6.07 Å². The van der Waals surface area contributed by atoms with Crippen molar-refractivity contribution in [1.29, 1.82) is 0 Å². The van der Waals surface area contributed by atoms with Crippen LogP contribution in [0.4, 0.5) is 0 Å². The van der Waals surface area contributed by atoms with E-state index in [9.17, 15) is 0 Å². The van der Waals surface area contributed by atoms with Crippen LogP contribution in [0.2, 0.25) is 0 Å². The largest absolute Gasteiger partial charge is 0.338 e. The third-order valence-corrected chi connectivity index (χ3v) is 2.85. The van der Waals surface area contributed by atoms with Crippen molar-refractivity contribution in [3.63, 3.8) is 0 Å². The van der Waals surface area contributed by atoms with Gasteiger partial charge in [0, 0.05) is 10.9 Å². The van der Waals surface area contributed by atoms with Crippen molar-refractivity contribution in [3.8, 4) is 0 Å². The summed E-state index contributed by atoms with van der Waals surface area (Å²) < 4.78 is 0.397. The molecule has 0 radical (unpaired) electrons. The minimum Gasteiger partial charge on any atom is -0.338 e. The van der Waals surface area contributed by atoms with E-state index < -0.39 is 0 Å². The first-order valence-electron chi connectivity index (χ1n) is 5.00. The van der Waals surface area contributed by atoms with Crippen LogP contribution < -0.4 is 0 Å². The molecule has 16 heavy (non-hydrogen) atoms. The van der Waals surface area contributed by atoms with Crippen LogP contribution in [0.25, 0.3) is 22.1 Å². The van der Waals surface area contributed by atoms with E-state index in [1.165, 1.54) is 11.1 Å². The molecule has 3 aromatic rings. The summed E-state index contributed by atoms with van der Waals surface area (Å²) in [4.78, 5) is 7.47. The number of hydrogen-bond donors (Lipinski definition) is 2. The lowest BCUT2D eigenvalue weighted by atomic mass is 10.1. The van der Waals surface area contributed by atoms with Gasteiger partial charge >= 0.3 is 0 Å². The lowest BCUT2D eigenvalue weighted by Gasteiger charge is -1.98. The fraction of sp³-hybridized carbons (Fsp3) is 0.182. The van der Waals surface area contributed by atoms with Gasteiger partial charge in [0.1, 0.15) is 5.52 Å². The molecule has 1 aromatic carbocycles. The van der Waals surface area contributed by atoms with Crippen molar-refractivity contribution in [2.24, 2.45) is 0 Å². The third-order valence-electron chi connectivity index (χ3n) is 2.67. The van der Waals surface area contributed by atoms with Gasteiger partial charge in [-0.15, -0.1) is 0 Å². The van der Waals surface area contributed by atoms with Crippen LogP contribution in [0.1, 0.15) is 11.1 Å². The van der Waals surface area contributed by atoms with Crippen molar-refractivity contribution in [2.45, 2.75) is 13.8 Å². The number of aryl methyl sites for hydroxylation is 2. The Bertz CT molecular complexity index is 754. The second kappa shape index (κ2) is 3.12. The van der Waals surface area contributed by atoms with Crippen LogP contribution in [0.5, 0.6) is 0 Å². The predicted octanol–water partition coefficient (Wildman–Crippen LogP) is 2.79. The highest BCUT2D eigenvalue weighted by atomic mass is 32.1. The van der Waals surface area contributed by atoms with Gasteiger partial charge in [-0.2, -0.15) is 10.1 Å². The molecule has 0 unspecified atom stereocenters. The van der Waals surface area contributed by atoms with E-state index >= 15 is 0 Å². The van der Waals surface area contributed by atoms with E-state index in [1.54, 1.807) is 0 Å². The Hall–Kier alpha value is -1.75. The van der Waals surface area contributed by atoms with Crippen LogP contribution in [-0.4, -0.2) is 20.2 Å². The molecule has 2 heterocycles. The molecule has 0 atom stereocenters. The molecular weight excluding hydrogens is 220 g/mol. The maximum Gasteiger partial charge on any atom is 0.215 e. The standard InChI is InChI=1S/C11H10N4S/c1-5-3-6(2)8-7(4-5)12-10-9(8)14-15-11(16)13-10/h3-4H,1-2H3,(H2,12,13,15,16). The molecule has 2 N–H and O–H groups in total. The summed E-state index contributed by atoms with van der Waals surface area (Å²) in [5, 5.41) is 8.08. The zero-order chi connectivity index (χ0) is 11.3. The number of aromatic amines is 2. The number of aromatic nitrogens is 4. The molecule has 0 saturated carbocycles. The molecule has 0 aliphatic heterocycles. The van der Waals surface area contributed by atoms with Crippen LogP contribution in [0.3, 0.4) is 0 Å². The molecule has 0 saturated heterocycles. The summed E-state index contributed by atoms with van der Waals surface area (Å²) in [5.41, 5.74) is 5.07. The first-order chi connectivity index (χ1) is 7.65. The minimum atomic E-state index is 0.397. The van der Waals surface area contributed by atoms with Gasteiger partial charge in [0.2, 0.25) is 4.77 Å². The smallest absolute Gasteiger partial charge is 0.215 e. The number of nitrogens with zero attached hydrogens (tertiary/aromatic N) is 2. The van der Waals surface area contributed by atoms with Gasteiger partial charge in [-0.05, 0) is 43.3 Å². The fourth-order valence-electron chi connectivity index (χ4n) is 2.11. The molecule has 2 aromatic heterocycles. The van der Waals surface area contributed by atoms with Crippen LogP contribution >= 0.6 is 12.2 Å². The van der Waals surface area contributed by atoms with Gasteiger partial charge in [0.05, 0.1) is 0 Å². The van der Waals surface area contributed by atoms with Gasteiger partial charge in [-0.3, -0.25) is 5.10 Å². The molecular formula is C11H10N4S. The topological polar surface area (TPSA) is 57.4 Å². The maximum absolute atomic E-state index is 4.95. The average Bonchev–Trinajstić information content (AvgIpc) is 2.54. The van der Waals surface area contributed by atoms with E-state index in [1.807, 2.05) is 0 Å². The molecule has 0 aliphatic carbocycles. The maximum atomic E-state index is 4.95. The van der Waals surface area contributed by atoms with E-state index in [0.29, 0.717) is 4.77 Å². The van der Waals surface area contributed by atoms with E-state index in [2.05, 4.69) is 46.1 Å². The highest BCUT2D eigenvalue weighted by molar-refractivity contribution is 7.71. The van der Waals surface area contributed by atoms with Gasteiger partial charge in [-0.25, -0.2) is 0 Å². The number of rotatable bonds is 0. The molecule has 0 spiro atoms.